The summed E-state index contributed by atoms with van der Waals surface area (Å²) in [5.74, 6) is 0. The largest absolute Gasteiger partial charge is 0.304 e. The molecule has 0 spiro atoms. The Bertz CT molecular complexity index is 30.4. The maximum atomic E-state index is 2.38. The minimum Gasteiger partial charge on any atom is -0.304 e. The summed E-state index contributed by atoms with van der Waals surface area (Å²) in [5, 5.41) is 0. The van der Waals surface area contributed by atoms with Crippen molar-refractivity contribution in [1.29, 1.82) is 0 Å². The molecule has 0 unspecified atom stereocenters. The Morgan fingerprint density at radius 2 is 1.11 bits per heavy atom. The van der Waals surface area contributed by atoms with Crippen molar-refractivity contribution in [3.63, 3.8) is 0 Å². The average molecular weight is 157 g/mol. The fourth-order valence-electron chi connectivity index (χ4n) is 0.671. The van der Waals surface area contributed by atoms with E-state index in [1.807, 2.05) is 0 Å². The molecule has 0 rings (SSSR count). The maximum Gasteiger partial charge on any atom is 0 e. The molecule has 1 nitrogen and oxygen atoms in total. The zero-order valence-electron chi connectivity index (χ0n) is 5.92. The van der Waals surface area contributed by atoms with E-state index in [2.05, 4.69) is 25.7 Å². The summed E-state index contributed by atoms with van der Waals surface area (Å²) < 4.78 is 0. The van der Waals surface area contributed by atoms with E-state index in [-0.39, 0.29) is 45.2 Å². The van der Waals surface area contributed by atoms with Gasteiger partial charge in [0.2, 0.25) is 0 Å². The first-order chi connectivity index (χ1) is 3.35. The van der Waals surface area contributed by atoms with Crippen LogP contribution in [0.25, 0.3) is 0 Å². The van der Waals surface area contributed by atoms with Gasteiger partial charge in [-0.3, -0.25) is 0 Å². The predicted octanol–water partition coefficient (Wildman–Crippen LogP) is 1.98. The Hall–Kier alpha value is 1.22. The first-order valence-corrected chi connectivity index (χ1v) is 3.07. The van der Waals surface area contributed by atoms with Gasteiger partial charge in [0.25, 0.3) is 0 Å². The van der Waals surface area contributed by atoms with Gasteiger partial charge in [-0.25, -0.2) is 0 Å². The second-order valence-electron chi connectivity index (χ2n) is 1.62. The Labute approximate surface area is 89.8 Å². The van der Waals surface area contributed by atoms with E-state index in [1.54, 1.807) is 0 Å². The molecule has 0 saturated heterocycles. The standard InChI is InChI=1S/C6H15N.CH4.Ar/c1-4-7(5-2)6-3;;/h4-6H2,1-3H3;1H4;. The van der Waals surface area contributed by atoms with Crippen LogP contribution in [0.3, 0.4) is 0 Å². The molecule has 0 aliphatic rings. The SMILES string of the molecule is C.CCN(CC)CC.[Ar]. The molecule has 0 aliphatic carbocycles. The van der Waals surface area contributed by atoms with E-state index in [4.69, 9.17) is 0 Å². The molecule has 0 aliphatic heterocycles. The molecule has 0 amide bonds. The fraction of sp³-hybridized carbons (Fsp3) is 1.00. The maximum absolute atomic E-state index is 2.38. The topological polar surface area (TPSA) is 3.24 Å². The van der Waals surface area contributed by atoms with E-state index in [0.29, 0.717) is 0 Å². The second-order valence-corrected chi connectivity index (χ2v) is 1.62. The number of nitrogens with zero attached hydrogens (tertiary/aromatic N) is 1. The van der Waals surface area contributed by atoms with Gasteiger partial charge in [0, 0.05) is 37.7 Å². The minimum absolute atomic E-state index is 0. The summed E-state index contributed by atoms with van der Waals surface area (Å²) in [5.41, 5.74) is 0. The van der Waals surface area contributed by atoms with Crippen LogP contribution < -0.4 is 0 Å². The molecule has 9 heavy (non-hydrogen) atoms. The smallest absolute Gasteiger partial charge is 0 e. The number of hydrogen-bond donors (Lipinski definition) is 0. The van der Waals surface area contributed by atoms with Crippen molar-refractivity contribution in [2.45, 2.75) is 28.2 Å². The second kappa shape index (κ2) is 12.0. The molecular formula is C7H19ArN. The van der Waals surface area contributed by atoms with Crippen molar-refractivity contribution in [3.05, 3.63) is 0 Å². The van der Waals surface area contributed by atoms with E-state index in [1.165, 1.54) is 19.6 Å². The molecule has 0 heterocycles. The van der Waals surface area contributed by atoms with Crippen molar-refractivity contribution in [2.75, 3.05) is 19.6 Å². The van der Waals surface area contributed by atoms with E-state index >= 15 is 0 Å². The van der Waals surface area contributed by atoms with Crippen LogP contribution in [0.15, 0.2) is 0 Å². The van der Waals surface area contributed by atoms with Crippen LogP contribution in [-0.4, -0.2) is 24.5 Å². The minimum atomic E-state index is 0. The first-order valence-electron chi connectivity index (χ1n) is 3.07. The molecule has 0 atom stereocenters. The zero-order valence-corrected chi connectivity index (χ0v) is 6.63. The monoisotopic (exact) mass is 157 g/mol. The van der Waals surface area contributed by atoms with E-state index < -0.39 is 0 Å². The molecule has 60 valence electrons. The third-order valence-corrected chi connectivity index (χ3v) is 1.34. The van der Waals surface area contributed by atoms with Crippen molar-refractivity contribution in [2.24, 2.45) is 0 Å². The van der Waals surface area contributed by atoms with Crippen molar-refractivity contribution in [3.8, 4) is 0 Å². The summed E-state index contributed by atoms with van der Waals surface area (Å²) in [4.78, 5) is 2.38. The van der Waals surface area contributed by atoms with Gasteiger partial charge in [-0.2, -0.15) is 0 Å². The molecule has 0 N–H and O–H groups in total. The first kappa shape index (κ1) is 16.7. The van der Waals surface area contributed by atoms with E-state index in [0.717, 1.165) is 0 Å². The van der Waals surface area contributed by atoms with Gasteiger partial charge in [-0.15, -0.1) is 0 Å². The van der Waals surface area contributed by atoms with Crippen LogP contribution in [0.5, 0.6) is 0 Å². The molecule has 0 fully saturated rings. The van der Waals surface area contributed by atoms with Crippen molar-refractivity contribution >= 4 is 0 Å². The molecule has 2 heteroatoms. The fourth-order valence-corrected chi connectivity index (χ4v) is 0.671. The van der Waals surface area contributed by atoms with Gasteiger partial charge in [-0.05, 0) is 19.6 Å². The Morgan fingerprint density at radius 1 is 0.889 bits per heavy atom. The number of hydrogen-bond acceptors (Lipinski definition) is 1. The molecule has 0 aromatic rings. The van der Waals surface area contributed by atoms with Crippen LogP contribution in [0, 0.1) is 37.7 Å². The normalized spacial score (nSPS) is 8.00. The average Bonchev–Trinajstić information content (AvgIpc) is 1.72. The van der Waals surface area contributed by atoms with Gasteiger partial charge < -0.3 is 4.90 Å². The third kappa shape index (κ3) is 9.22. The Morgan fingerprint density at radius 3 is 1.11 bits per heavy atom. The summed E-state index contributed by atoms with van der Waals surface area (Å²) in [6.07, 6.45) is 0. The quantitative estimate of drug-likeness (QED) is 0.605. The zero-order chi connectivity index (χ0) is 5.70. The summed E-state index contributed by atoms with van der Waals surface area (Å²) >= 11 is 0. The van der Waals surface area contributed by atoms with Crippen molar-refractivity contribution in [1.82, 2.24) is 4.90 Å². The molecule has 0 saturated carbocycles. The molecule has 0 aromatic heterocycles. The number of rotatable bonds is 3. The summed E-state index contributed by atoms with van der Waals surface area (Å²) in [6, 6.07) is 0. The van der Waals surface area contributed by atoms with Gasteiger partial charge in [-0.1, -0.05) is 28.2 Å². The summed E-state index contributed by atoms with van der Waals surface area (Å²) in [6.45, 7) is 10.1. The van der Waals surface area contributed by atoms with Gasteiger partial charge in [0.15, 0.2) is 0 Å². The van der Waals surface area contributed by atoms with Crippen LogP contribution >= 0.6 is 0 Å². The Balaban J connectivity index is -0.000000180. The Kier molecular flexibility index (Phi) is 22.1. The van der Waals surface area contributed by atoms with Gasteiger partial charge in [0.05, 0.1) is 0 Å². The summed E-state index contributed by atoms with van der Waals surface area (Å²) in [7, 11) is 0. The molecular weight excluding hydrogens is 138 g/mol. The molecule has 0 radical (unpaired) electrons. The van der Waals surface area contributed by atoms with Gasteiger partial charge >= 0.3 is 0 Å². The van der Waals surface area contributed by atoms with Crippen molar-refractivity contribution < 1.29 is 37.7 Å². The van der Waals surface area contributed by atoms with Gasteiger partial charge in [0.1, 0.15) is 0 Å². The predicted molar refractivity (Wildman–Crippen MR) is 40.2 cm³/mol. The van der Waals surface area contributed by atoms with Crippen LogP contribution in [0.2, 0.25) is 0 Å². The van der Waals surface area contributed by atoms with Crippen LogP contribution in [0.1, 0.15) is 28.2 Å². The molecule has 0 aromatic carbocycles. The van der Waals surface area contributed by atoms with Crippen LogP contribution in [0.4, 0.5) is 0 Å². The third-order valence-electron chi connectivity index (χ3n) is 1.34. The molecule has 0 bridgehead atoms. The van der Waals surface area contributed by atoms with Crippen LogP contribution in [-0.2, 0) is 0 Å². The van der Waals surface area contributed by atoms with E-state index in [9.17, 15) is 0 Å².